The highest BCUT2D eigenvalue weighted by Gasteiger charge is 2.01. The van der Waals surface area contributed by atoms with Crippen molar-refractivity contribution in [1.29, 1.82) is 0 Å². The maximum absolute atomic E-state index is 5.00. The van der Waals surface area contributed by atoms with Crippen LogP contribution in [-0.2, 0) is 0 Å². The Hall–Kier alpha value is -0.760. The lowest BCUT2D eigenvalue weighted by Crippen LogP contribution is -1.97. The van der Waals surface area contributed by atoms with Crippen molar-refractivity contribution in [3.05, 3.63) is 32.1 Å². The van der Waals surface area contributed by atoms with Gasteiger partial charge in [0.05, 0.1) is 5.69 Å². The maximum Gasteiger partial charge on any atom is 0.242 e. The fourth-order valence-electron chi connectivity index (χ4n) is 1.09. The lowest BCUT2D eigenvalue weighted by Gasteiger charge is -2.03. The zero-order chi connectivity index (χ0) is 10.1. The molecule has 0 fully saturated rings. The van der Waals surface area contributed by atoms with E-state index in [0.29, 0.717) is 4.77 Å². The predicted molar refractivity (Wildman–Crippen MR) is 64.0 cm³/mol. The van der Waals surface area contributed by atoms with Gasteiger partial charge >= 0.3 is 0 Å². The van der Waals surface area contributed by atoms with Gasteiger partial charge in [0.15, 0.2) is 0 Å². The molecule has 0 aliphatic heterocycles. The summed E-state index contributed by atoms with van der Waals surface area (Å²) < 4.78 is 3.29. The van der Waals surface area contributed by atoms with E-state index in [1.165, 1.54) is 9.13 Å². The molecule has 0 amide bonds. The number of aromatic nitrogens is 4. The van der Waals surface area contributed by atoms with Gasteiger partial charge in [-0.15, -0.1) is 0 Å². The Morgan fingerprint density at radius 3 is 2.86 bits per heavy atom. The number of H-pyrrole nitrogens is 1. The van der Waals surface area contributed by atoms with Gasteiger partial charge in [0.1, 0.15) is 0 Å². The first kappa shape index (κ1) is 9.78. The van der Waals surface area contributed by atoms with Gasteiger partial charge in [-0.1, -0.05) is 16.4 Å². The SMILES string of the molecule is Cc1ccc(-n2[nH]nnc2=S)cc1I. The average Bonchev–Trinajstić information content (AvgIpc) is 2.57. The molecule has 0 aliphatic rings. The second-order valence-electron chi connectivity index (χ2n) is 2.85. The molecular formula is C8H7IN4S. The third kappa shape index (κ3) is 1.71. The van der Waals surface area contributed by atoms with Crippen molar-refractivity contribution in [3.63, 3.8) is 0 Å². The molecule has 2 aromatic rings. The van der Waals surface area contributed by atoms with E-state index >= 15 is 0 Å². The third-order valence-electron chi connectivity index (χ3n) is 1.89. The standard InChI is InChI=1S/C8H7IN4S/c1-5-2-3-6(4-7(5)9)13-8(14)10-11-12-13/h2-4H,1H3,(H,10,12,14). The smallest absolute Gasteiger partial charge is 0.210 e. The molecule has 0 atom stereocenters. The first-order valence-electron chi connectivity index (χ1n) is 3.95. The van der Waals surface area contributed by atoms with Crippen LogP contribution in [0, 0.1) is 15.3 Å². The number of aromatic amines is 1. The minimum Gasteiger partial charge on any atom is -0.210 e. The number of nitrogens with one attached hydrogen (secondary N) is 1. The molecule has 72 valence electrons. The van der Waals surface area contributed by atoms with Crippen LogP contribution in [0.1, 0.15) is 5.56 Å². The first-order chi connectivity index (χ1) is 6.68. The Labute approximate surface area is 99.5 Å². The lowest BCUT2D eigenvalue weighted by atomic mass is 10.2. The van der Waals surface area contributed by atoms with Crippen molar-refractivity contribution in [2.24, 2.45) is 0 Å². The quantitative estimate of drug-likeness (QED) is 0.648. The number of hydrogen-bond acceptors (Lipinski definition) is 3. The molecule has 1 heterocycles. The Kier molecular flexibility index (Phi) is 2.64. The van der Waals surface area contributed by atoms with E-state index in [4.69, 9.17) is 12.2 Å². The Morgan fingerprint density at radius 2 is 2.29 bits per heavy atom. The number of halogens is 1. The van der Waals surface area contributed by atoms with E-state index in [-0.39, 0.29) is 0 Å². The van der Waals surface area contributed by atoms with Gasteiger partial charge in [-0.3, -0.25) is 0 Å². The van der Waals surface area contributed by atoms with Crippen LogP contribution in [0.4, 0.5) is 0 Å². The summed E-state index contributed by atoms with van der Waals surface area (Å²) in [4.78, 5) is 0. The number of benzene rings is 1. The summed E-state index contributed by atoms with van der Waals surface area (Å²) in [5.74, 6) is 0. The highest BCUT2D eigenvalue weighted by atomic mass is 127. The molecule has 0 spiro atoms. The van der Waals surface area contributed by atoms with E-state index in [0.717, 1.165) is 5.69 Å². The van der Waals surface area contributed by atoms with Crippen LogP contribution in [0.15, 0.2) is 18.2 Å². The fourth-order valence-corrected chi connectivity index (χ4v) is 1.77. The molecule has 0 bridgehead atoms. The Morgan fingerprint density at radius 1 is 1.50 bits per heavy atom. The molecule has 1 aromatic heterocycles. The van der Waals surface area contributed by atoms with Crippen molar-refractivity contribution in [3.8, 4) is 5.69 Å². The summed E-state index contributed by atoms with van der Waals surface area (Å²) in [5.41, 5.74) is 2.20. The van der Waals surface area contributed by atoms with Crippen LogP contribution >= 0.6 is 34.8 Å². The summed E-state index contributed by atoms with van der Waals surface area (Å²) >= 11 is 7.28. The average molecular weight is 318 g/mol. The van der Waals surface area contributed by atoms with E-state index in [2.05, 4.69) is 45.0 Å². The number of nitrogens with zero attached hydrogens (tertiary/aromatic N) is 3. The number of aryl methyl sites for hydroxylation is 1. The first-order valence-corrected chi connectivity index (χ1v) is 5.44. The molecule has 1 aromatic carbocycles. The summed E-state index contributed by atoms with van der Waals surface area (Å²) in [7, 11) is 0. The number of tetrazole rings is 1. The summed E-state index contributed by atoms with van der Waals surface area (Å²) in [5, 5.41) is 10.1. The lowest BCUT2D eigenvalue weighted by molar-refractivity contribution is 0.785. The molecule has 6 heteroatoms. The fraction of sp³-hybridized carbons (Fsp3) is 0.125. The van der Waals surface area contributed by atoms with Crippen LogP contribution in [0.3, 0.4) is 0 Å². The summed E-state index contributed by atoms with van der Waals surface area (Å²) in [6.07, 6.45) is 0. The van der Waals surface area contributed by atoms with Gasteiger partial charge in [-0.05, 0) is 59.4 Å². The van der Waals surface area contributed by atoms with Gasteiger partial charge in [-0.25, -0.2) is 4.68 Å². The number of hydrogen-bond donors (Lipinski definition) is 1. The monoisotopic (exact) mass is 318 g/mol. The van der Waals surface area contributed by atoms with Crippen molar-refractivity contribution in [2.45, 2.75) is 6.92 Å². The maximum atomic E-state index is 5.00. The zero-order valence-corrected chi connectivity index (χ0v) is 10.3. The molecule has 0 saturated heterocycles. The van der Waals surface area contributed by atoms with Crippen molar-refractivity contribution in [2.75, 3.05) is 0 Å². The van der Waals surface area contributed by atoms with Crippen molar-refractivity contribution in [1.82, 2.24) is 20.2 Å². The second kappa shape index (κ2) is 3.77. The largest absolute Gasteiger partial charge is 0.242 e. The van der Waals surface area contributed by atoms with Crippen molar-refractivity contribution >= 4 is 34.8 Å². The molecule has 4 nitrogen and oxygen atoms in total. The zero-order valence-electron chi connectivity index (χ0n) is 7.36. The topological polar surface area (TPSA) is 46.5 Å². The summed E-state index contributed by atoms with van der Waals surface area (Å²) in [6.45, 7) is 2.07. The minimum atomic E-state index is 0.435. The molecule has 0 unspecified atom stereocenters. The van der Waals surface area contributed by atoms with Gasteiger partial charge in [0.2, 0.25) is 4.77 Å². The van der Waals surface area contributed by atoms with E-state index in [9.17, 15) is 0 Å². The molecule has 1 N–H and O–H groups in total. The number of rotatable bonds is 1. The second-order valence-corrected chi connectivity index (χ2v) is 4.38. The van der Waals surface area contributed by atoms with Gasteiger partial charge in [0, 0.05) is 3.57 Å². The van der Waals surface area contributed by atoms with Gasteiger partial charge in [0.25, 0.3) is 0 Å². The molecular weight excluding hydrogens is 311 g/mol. The molecule has 2 rings (SSSR count). The Bertz CT molecular complexity index is 516. The molecule has 0 aliphatic carbocycles. The van der Waals surface area contributed by atoms with Crippen LogP contribution < -0.4 is 0 Å². The molecule has 0 radical (unpaired) electrons. The Balaban J connectivity index is 2.59. The van der Waals surface area contributed by atoms with Crippen LogP contribution in [0.5, 0.6) is 0 Å². The normalized spacial score (nSPS) is 10.4. The van der Waals surface area contributed by atoms with Gasteiger partial charge < -0.3 is 0 Å². The van der Waals surface area contributed by atoms with Crippen molar-refractivity contribution < 1.29 is 0 Å². The van der Waals surface area contributed by atoms with E-state index < -0.39 is 0 Å². The highest BCUT2D eigenvalue weighted by molar-refractivity contribution is 14.1. The third-order valence-corrected chi connectivity index (χ3v) is 3.31. The predicted octanol–water partition coefficient (Wildman–Crippen LogP) is 2.24. The molecule has 0 saturated carbocycles. The van der Waals surface area contributed by atoms with Crippen LogP contribution in [0.25, 0.3) is 5.69 Å². The van der Waals surface area contributed by atoms with Crippen LogP contribution in [-0.4, -0.2) is 20.2 Å². The summed E-state index contributed by atoms with van der Waals surface area (Å²) in [6, 6.07) is 6.05. The van der Waals surface area contributed by atoms with E-state index in [1.54, 1.807) is 4.68 Å². The minimum absolute atomic E-state index is 0.435. The highest BCUT2D eigenvalue weighted by Crippen LogP contribution is 2.15. The van der Waals surface area contributed by atoms with Gasteiger partial charge in [-0.2, -0.15) is 5.21 Å². The molecule has 14 heavy (non-hydrogen) atoms. The van der Waals surface area contributed by atoms with Crippen LogP contribution in [0.2, 0.25) is 0 Å². The van der Waals surface area contributed by atoms with E-state index in [1.807, 2.05) is 18.2 Å².